The van der Waals surface area contributed by atoms with Gasteiger partial charge >= 0.3 is 0 Å². The predicted molar refractivity (Wildman–Crippen MR) is 177 cm³/mol. The Kier molecular flexibility index (Phi) is 10.6. The number of nitrogens with one attached hydrogen (secondary N) is 2. The number of rotatable bonds is 12. The van der Waals surface area contributed by atoms with Gasteiger partial charge in [-0.25, -0.2) is 0 Å². The Morgan fingerprint density at radius 2 is 1.64 bits per heavy atom. The van der Waals surface area contributed by atoms with Crippen LogP contribution in [0.15, 0.2) is 72.8 Å². The zero-order valence-corrected chi connectivity index (χ0v) is 27.7. The van der Waals surface area contributed by atoms with Gasteiger partial charge in [-0.1, -0.05) is 60.7 Å². The molecule has 3 amide bonds. The van der Waals surface area contributed by atoms with Crippen LogP contribution >= 0.6 is 11.8 Å². The molecule has 2 aliphatic rings. The average Bonchev–Trinajstić information content (AvgIpc) is 3.57. The number of amides is 3. The Bertz CT molecular complexity index is 1560. The van der Waals surface area contributed by atoms with Crippen molar-refractivity contribution in [1.29, 1.82) is 0 Å². The van der Waals surface area contributed by atoms with E-state index in [0.717, 1.165) is 16.7 Å². The number of fused-ring (bicyclic) bond motifs is 1. The summed E-state index contributed by atoms with van der Waals surface area (Å²) in [6.07, 6.45) is -1.92. The SMILES string of the molecule is COc1cccc(OC)c1OCC(=O)N[C@@H](Cc1ccccc1)[C@H](O)C(=O)N1CSC(C)(C)[C@H]1C(=O)N[C@H]1c2ccccc2C[C@H]1O. The number of carbonyl (C=O) groups excluding carboxylic acids is 3. The van der Waals surface area contributed by atoms with E-state index in [-0.39, 0.29) is 18.0 Å². The number of ether oxygens (including phenoxy) is 3. The highest BCUT2D eigenvalue weighted by Crippen LogP contribution is 2.41. The van der Waals surface area contributed by atoms with Crippen LogP contribution in [0, 0.1) is 0 Å². The maximum absolute atomic E-state index is 14.0. The van der Waals surface area contributed by atoms with Crippen LogP contribution < -0.4 is 24.8 Å². The molecule has 0 spiro atoms. The first-order chi connectivity index (χ1) is 22.5. The molecule has 4 N–H and O–H groups in total. The number of carbonyl (C=O) groups is 3. The molecule has 0 saturated carbocycles. The Labute approximate surface area is 278 Å². The van der Waals surface area contributed by atoms with Gasteiger partial charge in [0.15, 0.2) is 24.2 Å². The van der Waals surface area contributed by atoms with Crippen LogP contribution in [-0.2, 0) is 27.2 Å². The minimum absolute atomic E-state index is 0.143. The van der Waals surface area contributed by atoms with Crippen molar-refractivity contribution in [1.82, 2.24) is 15.5 Å². The van der Waals surface area contributed by atoms with Crippen molar-refractivity contribution in [3.8, 4) is 17.2 Å². The highest BCUT2D eigenvalue weighted by molar-refractivity contribution is 8.00. The third kappa shape index (κ3) is 7.50. The number of aliphatic hydroxyl groups excluding tert-OH is 2. The maximum atomic E-state index is 14.0. The molecule has 11 nitrogen and oxygen atoms in total. The normalized spacial score (nSPS) is 20.9. The van der Waals surface area contributed by atoms with Crippen molar-refractivity contribution in [2.75, 3.05) is 26.7 Å². The van der Waals surface area contributed by atoms with Crippen molar-refractivity contribution >= 4 is 29.5 Å². The Hall–Kier alpha value is -4.26. The standard InChI is InChI=1S/C35H41N3O8S/c1-35(2)32(33(42)37-29-23-14-9-8-13-22(23)18-25(29)39)38(20-47-35)34(43)30(41)24(17-21-11-6-5-7-12-21)36-28(40)19-46-31-26(44-3)15-10-16-27(31)45-4/h5-16,24-25,29-30,32,39,41H,17-20H2,1-4H3,(H,36,40)(H,37,42)/t24-,25+,29-,30-,32+/m0/s1. The van der Waals surface area contributed by atoms with Gasteiger partial charge in [-0.2, -0.15) is 0 Å². The third-order valence-corrected chi connectivity index (χ3v) is 9.96. The second-order valence-corrected chi connectivity index (χ2v) is 13.7. The molecule has 47 heavy (non-hydrogen) atoms. The maximum Gasteiger partial charge on any atom is 0.258 e. The number of aliphatic hydroxyl groups is 2. The molecule has 1 saturated heterocycles. The molecule has 1 aliphatic carbocycles. The summed E-state index contributed by atoms with van der Waals surface area (Å²) in [7, 11) is 2.94. The summed E-state index contributed by atoms with van der Waals surface area (Å²) in [5.74, 6) is -0.545. The summed E-state index contributed by atoms with van der Waals surface area (Å²) in [4.78, 5) is 42.5. The van der Waals surface area contributed by atoms with Crippen LogP contribution in [0.2, 0.25) is 0 Å². The van der Waals surface area contributed by atoms with E-state index in [9.17, 15) is 24.6 Å². The molecule has 1 heterocycles. The Morgan fingerprint density at radius 1 is 0.979 bits per heavy atom. The number of para-hydroxylation sites is 1. The fourth-order valence-corrected chi connectivity index (χ4v) is 7.33. The van der Waals surface area contributed by atoms with Gasteiger partial charge in [-0.05, 0) is 49.1 Å². The lowest BCUT2D eigenvalue weighted by molar-refractivity contribution is -0.148. The smallest absolute Gasteiger partial charge is 0.258 e. The lowest BCUT2D eigenvalue weighted by atomic mass is 9.96. The third-order valence-electron chi connectivity index (χ3n) is 8.59. The molecule has 1 fully saturated rings. The summed E-state index contributed by atoms with van der Waals surface area (Å²) < 4.78 is 15.8. The number of nitrogens with zero attached hydrogens (tertiary/aromatic N) is 1. The van der Waals surface area contributed by atoms with E-state index in [1.165, 1.54) is 30.9 Å². The van der Waals surface area contributed by atoms with E-state index >= 15 is 0 Å². The lowest BCUT2D eigenvalue weighted by Gasteiger charge is -2.34. The predicted octanol–water partition coefficient (Wildman–Crippen LogP) is 2.63. The molecule has 3 aromatic carbocycles. The molecule has 12 heteroatoms. The topological polar surface area (TPSA) is 147 Å². The van der Waals surface area contributed by atoms with Crippen LogP contribution in [0.25, 0.3) is 0 Å². The molecule has 1 aliphatic heterocycles. The molecule has 0 unspecified atom stereocenters. The van der Waals surface area contributed by atoms with Crippen LogP contribution in [0.1, 0.15) is 36.6 Å². The van der Waals surface area contributed by atoms with E-state index in [2.05, 4.69) is 10.6 Å². The molecule has 5 rings (SSSR count). The second kappa shape index (κ2) is 14.7. The van der Waals surface area contributed by atoms with Crippen molar-refractivity contribution in [2.24, 2.45) is 0 Å². The zero-order valence-electron chi connectivity index (χ0n) is 26.8. The van der Waals surface area contributed by atoms with Gasteiger partial charge in [0.05, 0.1) is 38.3 Å². The summed E-state index contributed by atoms with van der Waals surface area (Å²) in [5, 5.41) is 28.1. The van der Waals surface area contributed by atoms with Gasteiger partial charge < -0.3 is 40.0 Å². The van der Waals surface area contributed by atoms with Crippen molar-refractivity contribution in [2.45, 2.75) is 61.8 Å². The lowest BCUT2D eigenvalue weighted by Crippen LogP contribution is -2.59. The van der Waals surface area contributed by atoms with E-state index in [1.807, 2.05) is 68.4 Å². The van der Waals surface area contributed by atoms with Crippen LogP contribution in [-0.4, -0.2) is 88.6 Å². The van der Waals surface area contributed by atoms with Gasteiger partial charge in [-0.15, -0.1) is 11.8 Å². The van der Waals surface area contributed by atoms with Gasteiger partial charge in [0.1, 0.15) is 6.04 Å². The summed E-state index contributed by atoms with van der Waals surface area (Å²) in [6, 6.07) is 19.2. The second-order valence-electron chi connectivity index (χ2n) is 12.1. The monoisotopic (exact) mass is 663 g/mol. The molecular formula is C35H41N3O8S. The molecule has 5 atom stereocenters. The minimum atomic E-state index is -1.68. The first-order valence-corrected chi connectivity index (χ1v) is 16.4. The number of methoxy groups -OCH3 is 2. The molecule has 0 radical (unpaired) electrons. The van der Waals surface area contributed by atoms with Crippen molar-refractivity contribution in [3.05, 3.63) is 89.5 Å². The largest absolute Gasteiger partial charge is 0.493 e. The molecule has 0 bridgehead atoms. The van der Waals surface area contributed by atoms with E-state index in [4.69, 9.17) is 14.2 Å². The fourth-order valence-electron chi connectivity index (χ4n) is 6.19. The number of hydrogen-bond donors (Lipinski definition) is 4. The summed E-state index contributed by atoms with van der Waals surface area (Å²) in [6.45, 7) is 3.30. The first-order valence-electron chi connectivity index (χ1n) is 15.4. The summed E-state index contributed by atoms with van der Waals surface area (Å²) in [5.41, 5.74) is 2.59. The van der Waals surface area contributed by atoms with E-state index < -0.39 is 59.4 Å². The van der Waals surface area contributed by atoms with Gasteiger partial charge in [-0.3, -0.25) is 14.4 Å². The van der Waals surface area contributed by atoms with Gasteiger partial charge in [0, 0.05) is 11.2 Å². The van der Waals surface area contributed by atoms with Crippen LogP contribution in [0.5, 0.6) is 17.2 Å². The van der Waals surface area contributed by atoms with Gasteiger partial charge in [0.2, 0.25) is 11.7 Å². The number of hydrogen-bond acceptors (Lipinski definition) is 9. The average molecular weight is 664 g/mol. The Morgan fingerprint density at radius 3 is 2.32 bits per heavy atom. The van der Waals surface area contributed by atoms with E-state index in [0.29, 0.717) is 17.9 Å². The van der Waals surface area contributed by atoms with Crippen molar-refractivity contribution in [3.63, 3.8) is 0 Å². The fraction of sp³-hybridized carbons (Fsp3) is 0.400. The molecule has 250 valence electrons. The number of thioether (sulfide) groups is 1. The minimum Gasteiger partial charge on any atom is -0.493 e. The first kappa shape index (κ1) is 34.1. The van der Waals surface area contributed by atoms with Crippen LogP contribution in [0.4, 0.5) is 0 Å². The molecule has 3 aromatic rings. The molecule has 0 aromatic heterocycles. The summed E-state index contributed by atoms with van der Waals surface area (Å²) >= 11 is 1.42. The quantitative estimate of drug-likeness (QED) is 0.230. The van der Waals surface area contributed by atoms with Crippen LogP contribution in [0.3, 0.4) is 0 Å². The van der Waals surface area contributed by atoms with E-state index in [1.54, 1.807) is 18.2 Å². The highest BCUT2D eigenvalue weighted by Gasteiger charge is 2.50. The van der Waals surface area contributed by atoms with Crippen molar-refractivity contribution < 1.29 is 38.8 Å². The highest BCUT2D eigenvalue weighted by atomic mass is 32.2. The zero-order chi connectivity index (χ0) is 33.7. The molecular weight excluding hydrogens is 622 g/mol. The Balaban J connectivity index is 1.33. The number of benzene rings is 3. The van der Waals surface area contributed by atoms with Gasteiger partial charge in [0.25, 0.3) is 11.8 Å².